The average molecular weight is 219 g/mol. The zero-order valence-electron chi connectivity index (χ0n) is 9.06. The highest BCUT2D eigenvalue weighted by Crippen LogP contribution is 2.28. The minimum absolute atomic E-state index is 0.0576. The van der Waals surface area contributed by atoms with E-state index in [0.717, 1.165) is 0 Å². The van der Waals surface area contributed by atoms with Crippen molar-refractivity contribution in [3.8, 4) is 11.9 Å². The van der Waals surface area contributed by atoms with Crippen molar-refractivity contribution in [1.29, 1.82) is 5.26 Å². The van der Waals surface area contributed by atoms with Crippen LogP contribution in [-0.2, 0) is 4.74 Å². The zero-order valence-corrected chi connectivity index (χ0v) is 9.06. The van der Waals surface area contributed by atoms with Crippen molar-refractivity contribution in [2.24, 2.45) is 5.41 Å². The first-order valence-electron chi connectivity index (χ1n) is 4.99. The van der Waals surface area contributed by atoms with Crippen LogP contribution in [0.1, 0.15) is 12.5 Å². The lowest BCUT2D eigenvalue weighted by Gasteiger charge is -2.37. The van der Waals surface area contributed by atoms with E-state index in [1.165, 1.54) is 6.20 Å². The van der Waals surface area contributed by atoms with Gasteiger partial charge in [0.05, 0.1) is 31.1 Å². The van der Waals surface area contributed by atoms with Gasteiger partial charge in [-0.25, -0.2) is 4.98 Å². The molecule has 0 aromatic carbocycles. The van der Waals surface area contributed by atoms with Crippen molar-refractivity contribution in [3.05, 3.63) is 17.8 Å². The summed E-state index contributed by atoms with van der Waals surface area (Å²) in [6, 6.07) is 3.53. The molecule has 1 saturated heterocycles. The van der Waals surface area contributed by atoms with Crippen LogP contribution in [0.4, 0.5) is 5.69 Å². The predicted octanol–water partition coefficient (Wildman–Crippen LogP) is 0.951. The summed E-state index contributed by atoms with van der Waals surface area (Å²) >= 11 is 0. The van der Waals surface area contributed by atoms with Gasteiger partial charge >= 0.3 is 0 Å². The van der Waals surface area contributed by atoms with Gasteiger partial charge in [-0.05, 0) is 6.07 Å². The molecule has 5 nitrogen and oxygen atoms in total. The first-order chi connectivity index (χ1) is 7.63. The number of rotatable bonds is 3. The summed E-state index contributed by atoms with van der Waals surface area (Å²) in [5, 5.41) is 8.66. The highest BCUT2D eigenvalue weighted by Gasteiger charge is 2.34. The Bertz CT molecular complexity index is 435. The van der Waals surface area contributed by atoms with E-state index in [0.29, 0.717) is 37.0 Å². The van der Waals surface area contributed by atoms with E-state index in [2.05, 4.69) is 11.9 Å². The summed E-state index contributed by atoms with van der Waals surface area (Å²) in [6.45, 7) is 4.00. The molecule has 0 aliphatic carbocycles. The Morgan fingerprint density at radius 2 is 2.44 bits per heavy atom. The molecule has 2 N–H and O–H groups in total. The number of nitrogens with zero attached hydrogens (tertiary/aromatic N) is 2. The van der Waals surface area contributed by atoms with Crippen LogP contribution < -0.4 is 10.5 Å². The number of nitrogens with two attached hydrogens (primary N) is 1. The van der Waals surface area contributed by atoms with E-state index in [1.807, 2.05) is 6.07 Å². The lowest BCUT2D eigenvalue weighted by molar-refractivity contribution is -0.120. The van der Waals surface area contributed by atoms with Crippen LogP contribution in [0.3, 0.4) is 0 Å². The molecule has 5 heteroatoms. The minimum Gasteiger partial charge on any atom is -0.475 e. The second-order valence-corrected chi connectivity index (χ2v) is 4.32. The van der Waals surface area contributed by atoms with Gasteiger partial charge in [0.1, 0.15) is 6.07 Å². The normalized spacial score (nSPS) is 17.2. The van der Waals surface area contributed by atoms with E-state index < -0.39 is 0 Å². The van der Waals surface area contributed by atoms with Crippen LogP contribution in [0, 0.1) is 16.7 Å². The topological polar surface area (TPSA) is 81.2 Å². The second-order valence-electron chi connectivity index (χ2n) is 4.32. The van der Waals surface area contributed by atoms with E-state index in [-0.39, 0.29) is 5.41 Å². The van der Waals surface area contributed by atoms with Gasteiger partial charge in [-0.1, -0.05) is 6.92 Å². The molecule has 1 aliphatic heterocycles. The van der Waals surface area contributed by atoms with Crippen molar-refractivity contribution in [1.82, 2.24) is 4.98 Å². The van der Waals surface area contributed by atoms with E-state index in [4.69, 9.17) is 20.5 Å². The average Bonchev–Trinajstić information content (AvgIpc) is 2.25. The highest BCUT2D eigenvalue weighted by atomic mass is 16.5. The lowest BCUT2D eigenvalue weighted by Crippen LogP contribution is -2.44. The Labute approximate surface area is 93.8 Å². The molecular formula is C11H13N3O2. The molecule has 0 saturated carbocycles. The maximum Gasteiger partial charge on any atom is 0.237 e. The lowest BCUT2D eigenvalue weighted by atomic mass is 9.90. The monoisotopic (exact) mass is 219 g/mol. The number of ether oxygens (including phenoxy) is 2. The molecule has 16 heavy (non-hydrogen) atoms. The van der Waals surface area contributed by atoms with Gasteiger partial charge in [0.2, 0.25) is 5.88 Å². The van der Waals surface area contributed by atoms with Gasteiger partial charge < -0.3 is 15.2 Å². The number of nitrogen functional groups attached to an aromatic ring is 1. The SMILES string of the molecule is CC1(COc2ncc(C#N)cc2N)COC1. The van der Waals surface area contributed by atoms with Crippen molar-refractivity contribution in [2.45, 2.75) is 6.92 Å². The fourth-order valence-corrected chi connectivity index (χ4v) is 1.43. The summed E-state index contributed by atoms with van der Waals surface area (Å²) in [7, 11) is 0. The molecule has 1 fully saturated rings. The zero-order chi connectivity index (χ0) is 11.6. The molecular weight excluding hydrogens is 206 g/mol. The van der Waals surface area contributed by atoms with E-state index in [1.54, 1.807) is 6.07 Å². The Balaban J connectivity index is 2.02. The quantitative estimate of drug-likeness (QED) is 0.818. The van der Waals surface area contributed by atoms with E-state index >= 15 is 0 Å². The number of hydrogen-bond acceptors (Lipinski definition) is 5. The molecule has 0 amide bonds. The predicted molar refractivity (Wildman–Crippen MR) is 57.8 cm³/mol. The fourth-order valence-electron chi connectivity index (χ4n) is 1.43. The smallest absolute Gasteiger partial charge is 0.237 e. The van der Waals surface area contributed by atoms with Crippen LogP contribution in [0.15, 0.2) is 12.3 Å². The summed E-state index contributed by atoms with van der Waals surface area (Å²) in [4.78, 5) is 4.00. The second kappa shape index (κ2) is 3.99. The maximum atomic E-state index is 8.66. The molecule has 0 bridgehead atoms. The van der Waals surface area contributed by atoms with Crippen molar-refractivity contribution in [2.75, 3.05) is 25.6 Å². The Kier molecular flexibility index (Phi) is 2.67. The Morgan fingerprint density at radius 3 is 2.94 bits per heavy atom. The van der Waals surface area contributed by atoms with Crippen molar-refractivity contribution >= 4 is 5.69 Å². The fraction of sp³-hybridized carbons (Fsp3) is 0.455. The Morgan fingerprint density at radius 1 is 1.69 bits per heavy atom. The van der Waals surface area contributed by atoms with Gasteiger partial charge in [0.15, 0.2) is 0 Å². The van der Waals surface area contributed by atoms with Crippen LogP contribution in [0.2, 0.25) is 0 Å². The largest absolute Gasteiger partial charge is 0.475 e. The number of aromatic nitrogens is 1. The molecule has 0 unspecified atom stereocenters. The summed E-state index contributed by atoms with van der Waals surface area (Å²) in [6.07, 6.45) is 1.45. The Hall–Kier alpha value is -1.80. The van der Waals surface area contributed by atoms with Gasteiger partial charge in [-0.15, -0.1) is 0 Å². The van der Waals surface area contributed by atoms with Crippen molar-refractivity contribution < 1.29 is 9.47 Å². The third-order valence-corrected chi connectivity index (χ3v) is 2.47. The van der Waals surface area contributed by atoms with Gasteiger partial charge in [0, 0.05) is 11.6 Å². The van der Waals surface area contributed by atoms with Crippen LogP contribution in [-0.4, -0.2) is 24.8 Å². The molecule has 1 aromatic heterocycles. The molecule has 2 heterocycles. The van der Waals surface area contributed by atoms with Crippen LogP contribution >= 0.6 is 0 Å². The molecule has 84 valence electrons. The molecule has 2 rings (SSSR count). The minimum atomic E-state index is 0.0576. The molecule has 1 aliphatic rings. The number of pyridine rings is 1. The van der Waals surface area contributed by atoms with Gasteiger partial charge in [-0.3, -0.25) is 0 Å². The summed E-state index contributed by atoms with van der Waals surface area (Å²) in [5.41, 5.74) is 6.60. The molecule has 0 atom stereocenters. The van der Waals surface area contributed by atoms with E-state index in [9.17, 15) is 0 Å². The third kappa shape index (κ3) is 2.07. The maximum absolute atomic E-state index is 8.66. The molecule has 1 aromatic rings. The van der Waals surface area contributed by atoms with Crippen LogP contribution in [0.25, 0.3) is 0 Å². The first kappa shape index (κ1) is 10.7. The van der Waals surface area contributed by atoms with Gasteiger partial charge in [-0.2, -0.15) is 5.26 Å². The summed E-state index contributed by atoms with van der Waals surface area (Å²) < 4.78 is 10.6. The number of hydrogen-bond donors (Lipinski definition) is 1. The van der Waals surface area contributed by atoms with Crippen molar-refractivity contribution in [3.63, 3.8) is 0 Å². The van der Waals surface area contributed by atoms with Gasteiger partial charge in [0.25, 0.3) is 0 Å². The number of anilines is 1. The van der Waals surface area contributed by atoms with Crippen LogP contribution in [0.5, 0.6) is 5.88 Å². The molecule has 0 radical (unpaired) electrons. The molecule has 0 spiro atoms. The number of nitriles is 1. The summed E-state index contributed by atoms with van der Waals surface area (Å²) in [5.74, 6) is 0.382. The third-order valence-electron chi connectivity index (χ3n) is 2.47. The first-order valence-corrected chi connectivity index (χ1v) is 4.99. The standard InChI is InChI=1S/C11H13N3O2/c1-11(5-15-6-11)7-16-10-9(13)2-8(3-12)4-14-10/h2,4H,5-7,13H2,1H3. The highest BCUT2D eigenvalue weighted by molar-refractivity contribution is 5.51.